The molecule has 1 heterocycles. The van der Waals surface area contributed by atoms with Crippen molar-refractivity contribution in [2.45, 2.75) is 46.6 Å². The highest BCUT2D eigenvalue weighted by Gasteiger charge is 2.16. The first-order valence-corrected chi connectivity index (χ1v) is 5.54. The molecule has 0 aliphatic rings. The van der Waals surface area contributed by atoms with Crippen LogP contribution in [0.15, 0.2) is 0 Å². The molecule has 0 aliphatic heterocycles. The quantitative estimate of drug-likeness (QED) is 0.830. The number of hydrogen-bond donors (Lipinski definition) is 1. The molecule has 0 fully saturated rings. The van der Waals surface area contributed by atoms with Gasteiger partial charge in [-0.2, -0.15) is 0 Å². The number of aryl methyl sites for hydroxylation is 1. The van der Waals surface area contributed by atoms with Crippen molar-refractivity contribution < 1.29 is 9.90 Å². The van der Waals surface area contributed by atoms with Gasteiger partial charge in [0.25, 0.3) is 0 Å². The van der Waals surface area contributed by atoms with Crippen molar-refractivity contribution in [3.63, 3.8) is 0 Å². The van der Waals surface area contributed by atoms with Gasteiger partial charge in [-0.1, -0.05) is 6.92 Å². The van der Waals surface area contributed by atoms with Crippen molar-refractivity contribution in [1.82, 2.24) is 14.8 Å². The molecular formula is C11H19N3O2. The van der Waals surface area contributed by atoms with E-state index in [1.54, 1.807) is 0 Å². The molecule has 0 saturated carbocycles. The van der Waals surface area contributed by atoms with Gasteiger partial charge in [-0.15, -0.1) is 10.2 Å². The van der Waals surface area contributed by atoms with Gasteiger partial charge in [0.05, 0.1) is 0 Å². The highest BCUT2D eigenvalue weighted by Crippen LogP contribution is 2.15. The first-order chi connectivity index (χ1) is 7.41. The molecule has 0 radical (unpaired) electrons. The highest BCUT2D eigenvalue weighted by molar-refractivity contribution is 5.66. The Morgan fingerprint density at radius 1 is 1.38 bits per heavy atom. The molecule has 1 atom stereocenters. The van der Waals surface area contributed by atoms with E-state index in [0.717, 1.165) is 11.6 Å². The second-order valence-corrected chi connectivity index (χ2v) is 4.53. The van der Waals surface area contributed by atoms with Gasteiger partial charge >= 0.3 is 5.97 Å². The minimum Gasteiger partial charge on any atom is -0.481 e. The van der Waals surface area contributed by atoms with Crippen LogP contribution in [0.5, 0.6) is 0 Å². The van der Waals surface area contributed by atoms with Crippen LogP contribution in [0.2, 0.25) is 0 Å². The summed E-state index contributed by atoms with van der Waals surface area (Å²) in [4.78, 5) is 10.6. The van der Waals surface area contributed by atoms with E-state index >= 15 is 0 Å². The monoisotopic (exact) mass is 225 g/mol. The molecule has 0 aromatic carbocycles. The molecule has 0 saturated heterocycles. The molecule has 1 aromatic heterocycles. The fourth-order valence-electron chi connectivity index (χ4n) is 1.91. The van der Waals surface area contributed by atoms with Crippen LogP contribution < -0.4 is 0 Å². The molecule has 5 nitrogen and oxygen atoms in total. The summed E-state index contributed by atoms with van der Waals surface area (Å²) < 4.78 is 2.05. The average Bonchev–Trinajstić information content (AvgIpc) is 2.45. The Labute approximate surface area is 95.5 Å². The molecule has 16 heavy (non-hydrogen) atoms. The Hall–Kier alpha value is -1.39. The Kier molecular flexibility index (Phi) is 4.04. The van der Waals surface area contributed by atoms with Crippen LogP contribution in [-0.2, 0) is 11.2 Å². The van der Waals surface area contributed by atoms with Crippen LogP contribution in [0, 0.1) is 12.8 Å². The second-order valence-electron chi connectivity index (χ2n) is 4.53. The fraction of sp³-hybridized carbons (Fsp3) is 0.727. The fourth-order valence-corrected chi connectivity index (χ4v) is 1.91. The van der Waals surface area contributed by atoms with Gasteiger partial charge in [0, 0.05) is 18.9 Å². The largest absolute Gasteiger partial charge is 0.481 e. The molecule has 0 bridgehead atoms. The molecule has 1 unspecified atom stereocenters. The SMILES string of the molecule is Cc1nnc(CC(C)CC(=O)O)n1C(C)C. The summed E-state index contributed by atoms with van der Waals surface area (Å²) in [6.07, 6.45) is 0.829. The van der Waals surface area contributed by atoms with Crippen LogP contribution in [0.25, 0.3) is 0 Å². The second kappa shape index (κ2) is 5.09. The van der Waals surface area contributed by atoms with Crippen molar-refractivity contribution in [2.75, 3.05) is 0 Å². The van der Waals surface area contributed by atoms with E-state index < -0.39 is 5.97 Å². The average molecular weight is 225 g/mol. The van der Waals surface area contributed by atoms with E-state index in [0.29, 0.717) is 12.5 Å². The zero-order valence-corrected chi connectivity index (χ0v) is 10.3. The van der Waals surface area contributed by atoms with E-state index in [-0.39, 0.29) is 12.3 Å². The lowest BCUT2D eigenvalue weighted by molar-refractivity contribution is -0.137. The van der Waals surface area contributed by atoms with Gasteiger partial charge in [-0.25, -0.2) is 0 Å². The predicted octanol–water partition coefficient (Wildman–Crippen LogP) is 1.82. The van der Waals surface area contributed by atoms with E-state index in [1.807, 2.05) is 13.8 Å². The van der Waals surface area contributed by atoms with E-state index in [1.165, 1.54) is 0 Å². The van der Waals surface area contributed by atoms with E-state index in [2.05, 4.69) is 28.6 Å². The standard InChI is InChI=1S/C11H19N3O2/c1-7(2)14-9(4)12-13-10(14)5-8(3)6-11(15)16/h7-8H,5-6H2,1-4H3,(H,15,16). The summed E-state index contributed by atoms with van der Waals surface area (Å²) in [6, 6.07) is 0.307. The van der Waals surface area contributed by atoms with Gasteiger partial charge in [-0.05, 0) is 26.7 Å². The number of aliphatic carboxylic acids is 1. The number of rotatable bonds is 5. The Morgan fingerprint density at radius 2 is 2.00 bits per heavy atom. The zero-order valence-electron chi connectivity index (χ0n) is 10.3. The Balaban J connectivity index is 2.77. The topological polar surface area (TPSA) is 68.0 Å². The zero-order chi connectivity index (χ0) is 12.3. The number of hydrogen-bond acceptors (Lipinski definition) is 3. The smallest absolute Gasteiger partial charge is 0.303 e. The molecule has 5 heteroatoms. The first kappa shape index (κ1) is 12.7. The van der Waals surface area contributed by atoms with Crippen molar-refractivity contribution in [1.29, 1.82) is 0 Å². The minimum atomic E-state index is -0.764. The summed E-state index contributed by atoms with van der Waals surface area (Å²) in [5.74, 6) is 1.08. The van der Waals surface area contributed by atoms with Crippen LogP contribution in [0.3, 0.4) is 0 Å². The van der Waals surface area contributed by atoms with Crippen LogP contribution in [0.1, 0.15) is 44.9 Å². The lowest BCUT2D eigenvalue weighted by atomic mass is 10.0. The molecule has 1 N–H and O–H groups in total. The van der Waals surface area contributed by atoms with Gasteiger partial charge in [0.15, 0.2) is 0 Å². The Morgan fingerprint density at radius 3 is 2.50 bits per heavy atom. The number of carboxylic acid groups (broad SMARTS) is 1. The van der Waals surface area contributed by atoms with Crippen LogP contribution in [0.4, 0.5) is 0 Å². The minimum absolute atomic E-state index is 0.0820. The number of carbonyl (C=O) groups is 1. The molecule has 0 amide bonds. The summed E-state index contributed by atoms with van der Waals surface area (Å²) in [7, 11) is 0. The summed E-state index contributed by atoms with van der Waals surface area (Å²) in [5, 5.41) is 16.8. The predicted molar refractivity (Wildman–Crippen MR) is 60.3 cm³/mol. The maximum atomic E-state index is 10.6. The molecule has 90 valence electrons. The van der Waals surface area contributed by atoms with Gasteiger partial charge in [-0.3, -0.25) is 4.79 Å². The lowest BCUT2D eigenvalue weighted by Crippen LogP contribution is -2.13. The summed E-state index contributed by atoms with van der Waals surface area (Å²) >= 11 is 0. The third-order valence-electron chi connectivity index (χ3n) is 2.51. The molecule has 0 aliphatic carbocycles. The summed E-state index contributed by atoms with van der Waals surface area (Å²) in [5.41, 5.74) is 0. The maximum absolute atomic E-state index is 10.6. The first-order valence-electron chi connectivity index (χ1n) is 5.54. The summed E-state index contributed by atoms with van der Waals surface area (Å²) in [6.45, 7) is 7.98. The molecule has 1 rings (SSSR count). The lowest BCUT2D eigenvalue weighted by Gasteiger charge is -2.14. The van der Waals surface area contributed by atoms with Gasteiger partial charge < -0.3 is 9.67 Å². The molecule has 1 aromatic rings. The highest BCUT2D eigenvalue weighted by atomic mass is 16.4. The van der Waals surface area contributed by atoms with Crippen molar-refractivity contribution in [3.05, 3.63) is 11.6 Å². The normalized spacial score (nSPS) is 13.1. The maximum Gasteiger partial charge on any atom is 0.303 e. The van der Waals surface area contributed by atoms with E-state index in [9.17, 15) is 4.79 Å². The van der Waals surface area contributed by atoms with Crippen molar-refractivity contribution in [3.8, 4) is 0 Å². The van der Waals surface area contributed by atoms with Gasteiger partial charge in [0.1, 0.15) is 11.6 Å². The number of nitrogens with zero attached hydrogens (tertiary/aromatic N) is 3. The molecule has 0 spiro atoms. The van der Waals surface area contributed by atoms with Crippen LogP contribution >= 0.6 is 0 Å². The van der Waals surface area contributed by atoms with Crippen molar-refractivity contribution >= 4 is 5.97 Å². The van der Waals surface area contributed by atoms with Crippen molar-refractivity contribution in [2.24, 2.45) is 5.92 Å². The number of carboxylic acids is 1. The van der Waals surface area contributed by atoms with E-state index in [4.69, 9.17) is 5.11 Å². The number of aromatic nitrogens is 3. The van der Waals surface area contributed by atoms with Crippen LogP contribution in [-0.4, -0.2) is 25.8 Å². The molecular weight excluding hydrogens is 206 g/mol. The van der Waals surface area contributed by atoms with Gasteiger partial charge in [0.2, 0.25) is 0 Å². The Bertz CT molecular complexity index is 371. The third kappa shape index (κ3) is 3.05. The third-order valence-corrected chi connectivity index (χ3v) is 2.51.